The first-order valence-electron chi connectivity index (χ1n) is 8.75. The first-order chi connectivity index (χ1) is 13.4. The third-order valence-electron chi connectivity index (χ3n) is 4.18. The van der Waals surface area contributed by atoms with Crippen LogP contribution in [-0.2, 0) is 20.7 Å². The summed E-state index contributed by atoms with van der Waals surface area (Å²) >= 11 is 0. The molecule has 0 fully saturated rings. The van der Waals surface area contributed by atoms with Crippen LogP contribution >= 0.6 is 0 Å². The number of hydrogen-bond donors (Lipinski definition) is 1. The molecule has 0 aliphatic heterocycles. The molecule has 7 heteroatoms. The Morgan fingerprint density at radius 3 is 2.43 bits per heavy atom. The second-order valence-corrected chi connectivity index (χ2v) is 6.31. The number of halogens is 1. The number of nitrogens with one attached hydrogen (secondary N) is 1. The molecule has 0 radical (unpaired) electrons. The number of aryl methyl sites for hydroxylation is 1. The maximum Gasteiger partial charge on any atom is 0.310 e. The molecule has 0 spiro atoms. The van der Waals surface area contributed by atoms with Gasteiger partial charge in [-0.05, 0) is 43.7 Å². The highest BCUT2D eigenvalue weighted by Gasteiger charge is 2.16. The molecule has 1 amide bonds. The van der Waals surface area contributed by atoms with Gasteiger partial charge in [0.2, 0.25) is 0 Å². The van der Waals surface area contributed by atoms with Crippen molar-refractivity contribution in [2.45, 2.75) is 20.3 Å². The molecule has 0 bridgehead atoms. The highest BCUT2D eigenvalue weighted by Crippen LogP contribution is 2.22. The third-order valence-corrected chi connectivity index (χ3v) is 4.18. The maximum atomic E-state index is 12.9. The topological polar surface area (TPSA) is 73.2 Å². The van der Waals surface area contributed by atoms with E-state index in [0.717, 1.165) is 11.4 Å². The van der Waals surface area contributed by atoms with Gasteiger partial charge in [-0.1, -0.05) is 30.3 Å². The smallest absolute Gasteiger partial charge is 0.310 e. The number of benzene rings is 2. The van der Waals surface area contributed by atoms with Crippen molar-refractivity contribution in [3.05, 3.63) is 77.4 Å². The third kappa shape index (κ3) is 4.62. The number of hydrogen-bond acceptors (Lipinski definition) is 4. The average molecular weight is 381 g/mol. The Morgan fingerprint density at radius 2 is 1.75 bits per heavy atom. The molecule has 6 nitrogen and oxygen atoms in total. The molecule has 2 aromatic carbocycles. The van der Waals surface area contributed by atoms with Crippen molar-refractivity contribution in [2.75, 3.05) is 11.9 Å². The Bertz CT molecular complexity index is 982. The lowest BCUT2D eigenvalue weighted by Gasteiger charge is -2.08. The fourth-order valence-corrected chi connectivity index (χ4v) is 2.79. The minimum atomic E-state index is -0.560. The van der Waals surface area contributed by atoms with Crippen LogP contribution in [0.15, 0.2) is 54.6 Å². The van der Waals surface area contributed by atoms with Crippen molar-refractivity contribution in [1.82, 2.24) is 9.78 Å². The van der Waals surface area contributed by atoms with Gasteiger partial charge in [-0.15, -0.1) is 0 Å². The molecule has 28 heavy (non-hydrogen) atoms. The molecule has 0 saturated heterocycles. The van der Waals surface area contributed by atoms with Crippen LogP contribution in [-0.4, -0.2) is 28.3 Å². The number of nitrogens with zero attached hydrogens (tertiary/aromatic N) is 2. The summed E-state index contributed by atoms with van der Waals surface area (Å²) in [7, 11) is 0. The van der Waals surface area contributed by atoms with Gasteiger partial charge in [-0.3, -0.25) is 9.59 Å². The van der Waals surface area contributed by atoms with Crippen molar-refractivity contribution in [3.63, 3.8) is 0 Å². The number of ether oxygens (including phenoxy) is 1. The van der Waals surface area contributed by atoms with Gasteiger partial charge in [0.15, 0.2) is 6.61 Å². The standard InChI is InChI=1S/C21H20FN3O3/c1-14-21(15(2)25(24-14)18-6-4-3-5-7-18)23-19(26)13-28-20(27)12-16-8-10-17(22)11-9-16/h3-11H,12-13H2,1-2H3,(H,23,26). The average Bonchev–Trinajstić information content (AvgIpc) is 2.97. The predicted octanol–water partition coefficient (Wildman–Crippen LogP) is 3.35. The molecule has 0 saturated carbocycles. The van der Waals surface area contributed by atoms with E-state index in [1.165, 1.54) is 24.3 Å². The molecule has 1 N–H and O–H groups in total. The molecule has 1 heterocycles. The van der Waals surface area contributed by atoms with Crippen molar-refractivity contribution >= 4 is 17.6 Å². The monoisotopic (exact) mass is 381 g/mol. The van der Waals surface area contributed by atoms with Crippen molar-refractivity contribution in [1.29, 1.82) is 0 Å². The lowest BCUT2D eigenvalue weighted by atomic mass is 10.1. The number of carbonyl (C=O) groups is 2. The van der Waals surface area contributed by atoms with Crippen LogP contribution in [0.5, 0.6) is 0 Å². The van der Waals surface area contributed by atoms with Crippen LogP contribution < -0.4 is 5.32 Å². The van der Waals surface area contributed by atoms with E-state index in [1.54, 1.807) is 11.6 Å². The molecule has 0 aliphatic rings. The molecule has 3 aromatic rings. The summed E-state index contributed by atoms with van der Waals surface area (Å²) < 4.78 is 19.6. The molecule has 3 rings (SSSR count). The highest BCUT2D eigenvalue weighted by atomic mass is 19.1. The Balaban J connectivity index is 1.58. The first kappa shape index (κ1) is 19.3. The number of para-hydroxylation sites is 1. The summed E-state index contributed by atoms with van der Waals surface area (Å²) in [6.07, 6.45) is -0.0302. The van der Waals surface area contributed by atoms with Gasteiger partial charge >= 0.3 is 5.97 Å². The lowest BCUT2D eigenvalue weighted by Crippen LogP contribution is -2.22. The van der Waals surface area contributed by atoms with Crippen molar-refractivity contribution in [3.8, 4) is 5.69 Å². The van der Waals surface area contributed by atoms with E-state index in [4.69, 9.17) is 4.74 Å². The zero-order valence-corrected chi connectivity index (χ0v) is 15.6. The molecular formula is C21H20FN3O3. The summed E-state index contributed by atoms with van der Waals surface area (Å²) in [4.78, 5) is 24.1. The second kappa shape index (κ2) is 8.47. The van der Waals surface area contributed by atoms with Gasteiger partial charge < -0.3 is 10.1 Å². The summed E-state index contributed by atoms with van der Waals surface area (Å²) in [5, 5.41) is 7.20. The summed E-state index contributed by atoms with van der Waals surface area (Å²) in [6.45, 7) is 3.24. The quantitative estimate of drug-likeness (QED) is 0.665. The Labute approximate surface area is 161 Å². The summed E-state index contributed by atoms with van der Waals surface area (Å²) in [6, 6.07) is 15.1. The fourth-order valence-electron chi connectivity index (χ4n) is 2.79. The van der Waals surface area contributed by atoms with E-state index in [-0.39, 0.29) is 12.2 Å². The van der Waals surface area contributed by atoms with Gasteiger partial charge in [0.1, 0.15) is 5.82 Å². The van der Waals surface area contributed by atoms with Crippen LogP contribution in [0.4, 0.5) is 10.1 Å². The number of anilines is 1. The SMILES string of the molecule is Cc1nn(-c2ccccc2)c(C)c1NC(=O)COC(=O)Cc1ccc(F)cc1. The van der Waals surface area contributed by atoms with E-state index in [0.29, 0.717) is 16.9 Å². The first-order valence-corrected chi connectivity index (χ1v) is 8.75. The molecule has 144 valence electrons. The van der Waals surface area contributed by atoms with Gasteiger partial charge in [-0.2, -0.15) is 5.10 Å². The van der Waals surface area contributed by atoms with E-state index >= 15 is 0 Å². The molecule has 0 unspecified atom stereocenters. The molecule has 1 aromatic heterocycles. The summed E-state index contributed by atoms with van der Waals surface area (Å²) in [5.74, 6) is -1.39. The van der Waals surface area contributed by atoms with Crippen LogP contribution in [0.2, 0.25) is 0 Å². The number of carbonyl (C=O) groups excluding carboxylic acids is 2. The van der Waals surface area contributed by atoms with E-state index < -0.39 is 18.5 Å². The van der Waals surface area contributed by atoms with Crippen LogP contribution in [0.3, 0.4) is 0 Å². The number of rotatable bonds is 6. The lowest BCUT2D eigenvalue weighted by molar-refractivity contribution is -0.146. The summed E-state index contributed by atoms with van der Waals surface area (Å²) in [5.41, 5.74) is 3.52. The van der Waals surface area contributed by atoms with Gasteiger partial charge in [0, 0.05) is 0 Å². The number of amides is 1. The van der Waals surface area contributed by atoms with E-state index in [2.05, 4.69) is 10.4 Å². The Hall–Kier alpha value is -3.48. The minimum absolute atomic E-state index is 0.0302. The number of esters is 1. The molecular weight excluding hydrogens is 361 g/mol. The normalized spacial score (nSPS) is 10.5. The molecule has 0 atom stereocenters. The van der Waals surface area contributed by atoms with Crippen LogP contribution in [0, 0.1) is 19.7 Å². The van der Waals surface area contributed by atoms with Gasteiger partial charge in [0.25, 0.3) is 5.91 Å². The highest BCUT2D eigenvalue weighted by molar-refractivity contribution is 5.94. The van der Waals surface area contributed by atoms with E-state index in [1.807, 2.05) is 37.3 Å². The Kier molecular flexibility index (Phi) is 5.84. The van der Waals surface area contributed by atoms with Gasteiger partial charge in [0.05, 0.1) is 29.2 Å². The van der Waals surface area contributed by atoms with Crippen LogP contribution in [0.1, 0.15) is 17.0 Å². The molecule has 0 aliphatic carbocycles. The second-order valence-electron chi connectivity index (χ2n) is 6.31. The maximum absolute atomic E-state index is 12.9. The van der Waals surface area contributed by atoms with Crippen molar-refractivity contribution in [2.24, 2.45) is 0 Å². The van der Waals surface area contributed by atoms with Crippen molar-refractivity contribution < 1.29 is 18.7 Å². The number of aromatic nitrogens is 2. The zero-order chi connectivity index (χ0) is 20.1. The fraction of sp³-hybridized carbons (Fsp3) is 0.190. The van der Waals surface area contributed by atoms with Crippen LogP contribution in [0.25, 0.3) is 5.69 Å². The van der Waals surface area contributed by atoms with E-state index in [9.17, 15) is 14.0 Å². The zero-order valence-electron chi connectivity index (χ0n) is 15.6. The minimum Gasteiger partial charge on any atom is -0.455 e. The Morgan fingerprint density at radius 1 is 1.07 bits per heavy atom. The largest absolute Gasteiger partial charge is 0.455 e. The predicted molar refractivity (Wildman–Crippen MR) is 103 cm³/mol. The van der Waals surface area contributed by atoms with Gasteiger partial charge in [-0.25, -0.2) is 9.07 Å².